The number of hydrogen-bond acceptors (Lipinski definition) is 3. The molecule has 0 aliphatic carbocycles. The molecule has 3 aromatic rings. The zero-order valence-corrected chi connectivity index (χ0v) is 24.4. The Morgan fingerprint density at radius 2 is 1.13 bits per heavy atom. The van der Waals surface area contributed by atoms with Crippen LogP contribution in [0.4, 0.5) is 0 Å². The Morgan fingerprint density at radius 3 is 1.58 bits per heavy atom. The summed E-state index contributed by atoms with van der Waals surface area (Å²) in [6.07, 6.45) is 6.09. The minimum atomic E-state index is -1.75. The van der Waals surface area contributed by atoms with E-state index in [2.05, 4.69) is 127 Å². The van der Waals surface area contributed by atoms with Crippen molar-refractivity contribution in [1.29, 1.82) is 0 Å². The first-order valence-corrected chi connectivity index (χ1v) is 16.2. The fourth-order valence-corrected chi connectivity index (χ4v) is 10.0. The third-order valence-corrected chi connectivity index (χ3v) is 12.3. The van der Waals surface area contributed by atoms with Crippen LogP contribution in [0.1, 0.15) is 52.9 Å². The number of rotatable bonds is 11. The smallest absolute Gasteiger partial charge is 0.234 e. The lowest BCUT2D eigenvalue weighted by Gasteiger charge is -2.42. The number of carbonyl (C=O) groups is 1. The van der Waals surface area contributed by atoms with Gasteiger partial charge >= 0.3 is 0 Å². The van der Waals surface area contributed by atoms with Gasteiger partial charge in [0.25, 0.3) is 0 Å². The van der Waals surface area contributed by atoms with E-state index >= 15 is 0 Å². The minimum absolute atomic E-state index is 0.161. The van der Waals surface area contributed by atoms with Gasteiger partial charge in [0.2, 0.25) is 5.91 Å². The highest BCUT2D eigenvalue weighted by Crippen LogP contribution is 2.56. The predicted octanol–water partition coefficient (Wildman–Crippen LogP) is 5.38. The molecule has 4 nitrogen and oxygen atoms in total. The van der Waals surface area contributed by atoms with Crippen molar-refractivity contribution in [2.45, 2.75) is 58.4 Å². The molecule has 1 N–H and O–H groups in total. The topological polar surface area (TPSA) is 35.6 Å². The molecule has 0 unspecified atom stereocenters. The van der Waals surface area contributed by atoms with Gasteiger partial charge in [0.1, 0.15) is 23.2 Å². The van der Waals surface area contributed by atoms with E-state index in [1.54, 1.807) is 0 Å². The highest BCUT2D eigenvalue weighted by atomic mass is 31.2. The molecule has 0 aromatic heterocycles. The van der Waals surface area contributed by atoms with Crippen molar-refractivity contribution in [3.63, 3.8) is 0 Å². The van der Waals surface area contributed by atoms with Gasteiger partial charge in [-0.15, -0.1) is 0 Å². The van der Waals surface area contributed by atoms with Gasteiger partial charge in [-0.2, -0.15) is 0 Å². The molecule has 0 radical (unpaired) electrons. The Hall–Kier alpha value is -2.52. The van der Waals surface area contributed by atoms with E-state index in [4.69, 9.17) is 0 Å². The van der Waals surface area contributed by atoms with Crippen molar-refractivity contribution >= 4 is 29.1 Å². The third-order valence-electron chi connectivity index (χ3n) is 7.75. The second-order valence-electron chi connectivity index (χ2n) is 11.4. The fraction of sp³-hybridized carbons (Fsp3) is 0.424. The lowest BCUT2D eigenvalue weighted by atomic mass is 10.1. The summed E-state index contributed by atoms with van der Waals surface area (Å²) in [7, 11) is -1.75. The molecule has 0 spiro atoms. The molecular formula is C33H45N3OP+. The summed E-state index contributed by atoms with van der Waals surface area (Å²) >= 11 is 0. The summed E-state index contributed by atoms with van der Waals surface area (Å²) in [5.41, 5.74) is 3.34. The highest BCUT2D eigenvalue weighted by molar-refractivity contribution is 7.95. The van der Waals surface area contributed by atoms with E-state index in [1.165, 1.54) is 15.9 Å². The number of piperazine rings is 1. The van der Waals surface area contributed by atoms with Gasteiger partial charge in [0.15, 0.2) is 0 Å². The van der Waals surface area contributed by atoms with Crippen LogP contribution < -0.4 is 21.3 Å². The molecule has 0 bridgehead atoms. The standard InChI is InChI=1S/C33H44N3OP/c1-33(2,3)35-24-26-36(27-25-35)34-32(37)23-15-4-5-16-28-38(29-17-9-6-10-18-29,30-19-11-7-12-20-30)31-21-13-8-14-22-31/h6-14,17-22H,4-5,15-16,23-28H2,1-3H3/p+1. The van der Waals surface area contributed by atoms with Crippen LogP contribution >= 0.6 is 7.26 Å². The quantitative estimate of drug-likeness (QED) is 0.267. The average Bonchev–Trinajstić information content (AvgIpc) is 2.94. The van der Waals surface area contributed by atoms with Crippen molar-refractivity contribution in [2.24, 2.45) is 0 Å². The zero-order chi connectivity index (χ0) is 26.8. The Morgan fingerprint density at radius 1 is 0.684 bits per heavy atom. The van der Waals surface area contributed by atoms with E-state index in [1.807, 2.05) is 0 Å². The SMILES string of the molecule is CC(C)(C)N1CCN(NC(=O)CCCCCC[P+](c2ccccc2)(c2ccccc2)c2ccccc2)CC1. The van der Waals surface area contributed by atoms with Crippen molar-refractivity contribution in [3.8, 4) is 0 Å². The second kappa shape index (κ2) is 13.5. The summed E-state index contributed by atoms with van der Waals surface area (Å²) in [5.74, 6) is 0.161. The van der Waals surface area contributed by atoms with E-state index in [9.17, 15) is 4.79 Å². The van der Waals surface area contributed by atoms with Gasteiger partial charge in [0, 0.05) is 38.1 Å². The van der Waals surface area contributed by atoms with E-state index in [-0.39, 0.29) is 11.4 Å². The van der Waals surface area contributed by atoms with Crippen LogP contribution in [0.5, 0.6) is 0 Å². The molecule has 5 heteroatoms. The third kappa shape index (κ3) is 7.32. The number of carbonyl (C=O) groups excluding carboxylic acids is 1. The summed E-state index contributed by atoms with van der Waals surface area (Å²) in [6, 6.07) is 33.3. The van der Waals surface area contributed by atoms with E-state index in [0.29, 0.717) is 6.42 Å². The Labute approximate surface area is 230 Å². The van der Waals surface area contributed by atoms with Crippen molar-refractivity contribution < 1.29 is 4.79 Å². The first kappa shape index (κ1) is 28.5. The molecule has 1 aliphatic rings. The average molecular weight is 531 g/mol. The molecule has 0 saturated carbocycles. The first-order valence-electron chi connectivity index (χ1n) is 14.2. The number of nitrogens with one attached hydrogen (secondary N) is 1. The van der Waals surface area contributed by atoms with Gasteiger partial charge in [-0.3, -0.25) is 15.1 Å². The number of benzene rings is 3. The summed E-state index contributed by atoms with van der Waals surface area (Å²) < 4.78 is 0. The van der Waals surface area contributed by atoms with Gasteiger partial charge in [-0.25, -0.2) is 5.01 Å². The van der Waals surface area contributed by atoms with Crippen LogP contribution in [-0.2, 0) is 4.79 Å². The molecule has 1 fully saturated rings. The number of unbranched alkanes of at least 4 members (excludes halogenated alkanes) is 3. The minimum Gasteiger partial charge on any atom is -0.296 e. The molecule has 202 valence electrons. The Bertz CT molecular complexity index is 1010. The van der Waals surface area contributed by atoms with Gasteiger partial charge < -0.3 is 0 Å². The van der Waals surface area contributed by atoms with E-state index in [0.717, 1.165) is 58.0 Å². The molecule has 3 aromatic carbocycles. The Kier molecular flexibility index (Phi) is 10.1. The van der Waals surface area contributed by atoms with Crippen molar-refractivity contribution in [2.75, 3.05) is 32.3 Å². The van der Waals surface area contributed by atoms with Crippen LogP contribution in [0.25, 0.3) is 0 Å². The summed E-state index contributed by atoms with van der Waals surface area (Å²) in [5, 5.41) is 6.44. The van der Waals surface area contributed by atoms with Crippen LogP contribution in [0.2, 0.25) is 0 Å². The lowest BCUT2D eigenvalue weighted by Crippen LogP contribution is -2.57. The van der Waals surface area contributed by atoms with Crippen LogP contribution in [0.15, 0.2) is 91.0 Å². The predicted molar refractivity (Wildman–Crippen MR) is 164 cm³/mol. The van der Waals surface area contributed by atoms with Crippen LogP contribution in [0, 0.1) is 0 Å². The number of nitrogens with zero attached hydrogens (tertiary/aromatic N) is 2. The fourth-order valence-electron chi connectivity index (χ4n) is 5.59. The molecule has 0 atom stereocenters. The van der Waals surface area contributed by atoms with Gasteiger partial charge in [0.05, 0.1) is 6.16 Å². The largest absolute Gasteiger partial charge is 0.296 e. The number of hydrogen-bond donors (Lipinski definition) is 1. The molecular weight excluding hydrogens is 485 g/mol. The number of amides is 1. The van der Waals surface area contributed by atoms with Crippen molar-refractivity contribution in [1.82, 2.24) is 15.3 Å². The molecule has 1 amide bonds. The zero-order valence-electron chi connectivity index (χ0n) is 23.5. The summed E-state index contributed by atoms with van der Waals surface area (Å²) in [6.45, 7) is 10.6. The van der Waals surface area contributed by atoms with Gasteiger partial charge in [-0.05, 0) is 76.4 Å². The Balaban J connectivity index is 1.31. The molecule has 1 saturated heterocycles. The van der Waals surface area contributed by atoms with E-state index < -0.39 is 7.26 Å². The maximum Gasteiger partial charge on any atom is 0.234 e. The monoisotopic (exact) mass is 530 g/mol. The van der Waals surface area contributed by atoms with Crippen LogP contribution in [-0.4, -0.2) is 53.7 Å². The normalized spacial score (nSPS) is 15.3. The summed E-state index contributed by atoms with van der Waals surface area (Å²) in [4.78, 5) is 15.1. The lowest BCUT2D eigenvalue weighted by molar-refractivity contribution is -0.127. The highest BCUT2D eigenvalue weighted by Gasteiger charge is 2.44. The first-order chi connectivity index (χ1) is 18.4. The molecule has 1 heterocycles. The molecule has 4 rings (SSSR count). The maximum absolute atomic E-state index is 12.6. The molecule has 1 aliphatic heterocycles. The van der Waals surface area contributed by atoms with Crippen LogP contribution in [0.3, 0.4) is 0 Å². The van der Waals surface area contributed by atoms with Gasteiger partial charge in [-0.1, -0.05) is 61.0 Å². The number of hydrazine groups is 1. The van der Waals surface area contributed by atoms with Crippen molar-refractivity contribution in [3.05, 3.63) is 91.0 Å². The molecule has 38 heavy (non-hydrogen) atoms. The second-order valence-corrected chi connectivity index (χ2v) is 15.0. The maximum atomic E-state index is 12.6.